The van der Waals surface area contributed by atoms with Crippen molar-refractivity contribution in [2.45, 2.75) is 31.3 Å². The van der Waals surface area contributed by atoms with Crippen molar-refractivity contribution < 1.29 is 27.8 Å². The van der Waals surface area contributed by atoms with E-state index < -0.39 is 17.7 Å². The first kappa shape index (κ1) is 20.5. The largest absolute Gasteiger partial charge is 0.381 e. The van der Waals surface area contributed by atoms with Crippen LogP contribution in [0.15, 0.2) is 18.2 Å². The van der Waals surface area contributed by atoms with Gasteiger partial charge in [-0.15, -0.1) is 0 Å². The van der Waals surface area contributed by atoms with Crippen LogP contribution >= 0.6 is 0 Å². The average molecular weight is 397 g/mol. The minimum atomic E-state index is -0.704. The summed E-state index contributed by atoms with van der Waals surface area (Å²) in [7, 11) is 1.47. The fraction of sp³-hybridized carbons (Fsp3) is 0.579. The molecule has 1 aromatic rings. The molecule has 1 N–H and O–H groups in total. The predicted molar refractivity (Wildman–Crippen MR) is 97.9 cm³/mol. The van der Waals surface area contributed by atoms with Crippen molar-refractivity contribution >= 4 is 17.6 Å². The number of rotatable bonds is 5. The van der Waals surface area contributed by atoms with Crippen LogP contribution in [-0.4, -0.2) is 73.8 Å². The lowest BCUT2D eigenvalue weighted by Crippen LogP contribution is -2.51. The van der Waals surface area contributed by atoms with E-state index in [0.717, 1.165) is 31.0 Å². The second kappa shape index (κ2) is 9.29. The number of hydrogen-bond donors (Lipinski definition) is 1. The summed E-state index contributed by atoms with van der Waals surface area (Å²) >= 11 is 0. The number of halogens is 2. The highest BCUT2D eigenvalue weighted by Crippen LogP contribution is 2.25. The number of hydrogen-bond acceptors (Lipinski definition) is 4. The lowest BCUT2D eigenvalue weighted by molar-refractivity contribution is -0.142. The Hall–Kier alpha value is -2.26. The van der Waals surface area contributed by atoms with Crippen LogP contribution in [0.4, 0.5) is 19.3 Å². The molecular formula is C19H25F2N3O4. The number of urea groups is 1. The molecule has 0 bridgehead atoms. The highest BCUT2D eigenvalue weighted by atomic mass is 19.1. The monoisotopic (exact) mass is 397 g/mol. The van der Waals surface area contributed by atoms with E-state index in [9.17, 15) is 18.4 Å². The number of nitrogens with zero attached hydrogens (tertiary/aromatic N) is 2. The van der Waals surface area contributed by atoms with Gasteiger partial charge in [0, 0.05) is 45.5 Å². The van der Waals surface area contributed by atoms with E-state index in [0.29, 0.717) is 32.7 Å². The quantitative estimate of drug-likeness (QED) is 0.827. The maximum Gasteiger partial charge on any atom is 0.321 e. The van der Waals surface area contributed by atoms with Gasteiger partial charge in [-0.2, -0.15) is 0 Å². The van der Waals surface area contributed by atoms with Crippen molar-refractivity contribution in [1.29, 1.82) is 0 Å². The zero-order valence-electron chi connectivity index (χ0n) is 15.8. The summed E-state index contributed by atoms with van der Waals surface area (Å²) in [6, 6.07) is 2.28. The summed E-state index contributed by atoms with van der Waals surface area (Å²) in [4.78, 5) is 28.5. The molecule has 7 nitrogen and oxygen atoms in total. The smallest absolute Gasteiger partial charge is 0.321 e. The van der Waals surface area contributed by atoms with Gasteiger partial charge >= 0.3 is 6.03 Å². The zero-order valence-corrected chi connectivity index (χ0v) is 15.8. The molecule has 1 atom stereocenters. The van der Waals surface area contributed by atoms with Crippen LogP contribution in [0.5, 0.6) is 0 Å². The van der Waals surface area contributed by atoms with Gasteiger partial charge in [0.1, 0.15) is 18.2 Å². The molecule has 0 spiro atoms. The number of anilines is 1. The Morgan fingerprint density at radius 1 is 1.25 bits per heavy atom. The Morgan fingerprint density at radius 2 is 2.00 bits per heavy atom. The molecule has 0 aromatic heterocycles. The molecule has 3 amide bonds. The molecule has 2 aliphatic rings. The normalized spacial score (nSPS) is 20.2. The third kappa shape index (κ3) is 4.77. The van der Waals surface area contributed by atoms with Crippen molar-refractivity contribution in [1.82, 2.24) is 9.80 Å². The first-order chi connectivity index (χ1) is 13.5. The van der Waals surface area contributed by atoms with Gasteiger partial charge in [0.25, 0.3) is 0 Å². The first-order valence-corrected chi connectivity index (χ1v) is 9.38. The molecule has 1 unspecified atom stereocenters. The lowest BCUT2D eigenvalue weighted by Gasteiger charge is -2.38. The first-order valence-electron chi connectivity index (χ1n) is 9.38. The van der Waals surface area contributed by atoms with Gasteiger partial charge in [0.2, 0.25) is 5.91 Å². The number of carbonyl (C=O) groups is 2. The number of amides is 3. The molecular weight excluding hydrogens is 372 g/mol. The Morgan fingerprint density at radius 3 is 2.71 bits per heavy atom. The number of benzene rings is 1. The summed E-state index contributed by atoms with van der Waals surface area (Å²) < 4.78 is 37.5. The Balaban J connectivity index is 1.66. The van der Waals surface area contributed by atoms with Gasteiger partial charge in [0.05, 0.1) is 11.7 Å². The van der Waals surface area contributed by atoms with Crippen molar-refractivity contribution in [2.75, 3.05) is 45.3 Å². The molecule has 3 rings (SSSR count). The van der Waals surface area contributed by atoms with E-state index in [4.69, 9.17) is 9.47 Å². The zero-order chi connectivity index (χ0) is 20.1. The van der Waals surface area contributed by atoms with E-state index >= 15 is 0 Å². The highest BCUT2D eigenvalue weighted by Gasteiger charge is 2.37. The van der Waals surface area contributed by atoms with E-state index in [-0.39, 0.29) is 30.3 Å². The van der Waals surface area contributed by atoms with Crippen LogP contribution in [0.25, 0.3) is 0 Å². The van der Waals surface area contributed by atoms with Crippen molar-refractivity contribution in [2.24, 2.45) is 0 Å². The van der Waals surface area contributed by atoms with E-state index in [1.165, 1.54) is 12.0 Å². The number of likely N-dealkylation sites (tertiary alicyclic amines) is 1. The van der Waals surface area contributed by atoms with Crippen molar-refractivity contribution in [3.05, 3.63) is 29.8 Å². The molecule has 28 heavy (non-hydrogen) atoms. The molecule has 2 heterocycles. The predicted octanol–water partition coefficient (Wildman–Crippen LogP) is 2.23. The Labute approximate surface area is 162 Å². The Bertz CT molecular complexity index is 712. The van der Waals surface area contributed by atoms with Gasteiger partial charge in [-0.25, -0.2) is 13.6 Å². The molecule has 2 aliphatic heterocycles. The maximum atomic E-state index is 13.8. The van der Waals surface area contributed by atoms with Gasteiger partial charge in [-0.3, -0.25) is 4.79 Å². The molecule has 0 saturated carbocycles. The molecule has 2 saturated heterocycles. The van der Waals surface area contributed by atoms with Gasteiger partial charge < -0.3 is 24.6 Å². The number of ether oxygens (including phenoxy) is 2. The number of methoxy groups -OCH3 is 1. The van der Waals surface area contributed by atoms with Crippen molar-refractivity contribution in [3.8, 4) is 0 Å². The minimum Gasteiger partial charge on any atom is -0.381 e. The van der Waals surface area contributed by atoms with E-state index in [1.807, 2.05) is 4.90 Å². The average Bonchev–Trinajstić information content (AvgIpc) is 3.16. The van der Waals surface area contributed by atoms with Gasteiger partial charge in [0.15, 0.2) is 0 Å². The SMILES string of the molecule is COCC(=O)N(C1CCOCC1)C1CCN(C(=O)Nc2cc(F)ccc2F)C1. The van der Waals surface area contributed by atoms with E-state index in [1.54, 1.807) is 0 Å². The summed E-state index contributed by atoms with van der Waals surface area (Å²) in [6.45, 7) is 1.92. The maximum absolute atomic E-state index is 13.8. The number of carbonyl (C=O) groups excluding carboxylic acids is 2. The molecule has 9 heteroatoms. The highest BCUT2D eigenvalue weighted by molar-refractivity contribution is 5.89. The van der Waals surface area contributed by atoms with Gasteiger partial charge in [-0.1, -0.05) is 0 Å². The molecule has 1 aromatic carbocycles. The lowest BCUT2D eigenvalue weighted by atomic mass is 10.0. The van der Waals surface area contributed by atoms with Crippen LogP contribution in [0.1, 0.15) is 19.3 Å². The molecule has 2 fully saturated rings. The van der Waals surface area contributed by atoms with Crippen LogP contribution < -0.4 is 5.32 Å². The Kier molecular flexibility index (Phi) is 6.79. The third-order valence-corrected chi connectivity index (χ3v) is 5.15. The molecule has 0 aliphatic carbocycles. The topological polar surface area (TPSA) is 71.1 Å². The minimum absolute atomic E-state index is 0.0193. The van der Waals surface area contributed by atoms with Gasteiger partial charge in [-0.05, 0) is 31.4 Å². The fourth-order valence-electron chi connectivity index (χ4n) is 3.81. The summed E-state index contributed by atoms with van der Waals surface area (Å²) in [5.74, 6) is -1.45. The molecule has 0 radical (unpaired) electrons. The van der Waals surface area contributed by atoms with Crippen molar-refractivity contribution in [3.63, 3.8) is 0 Å². The molecule has 154 valence electrons. The van der Waals surface area contributed by atoms with Crippen LogP contribution in [0.3, 0.4) is 0 Å². The second-order valence-electron chi connectivity index (χ2n) is 7.02. The standard InChI is InChI=1S/C19H25F2N3O4/c1-27-12-18(25)24(14-5-8-28-9-6-14)15-4-7-23(11-15)19(26)22-17-10-13(20)2-3-16(17)21/h2-3,10,14-15H,4-9,11-12H2,1H3,(H,22,26). The van der Waals surface area contributed by atoms with Crippen LogP contribution in [0.2, 0.25) is 0 Å². The van der Waals surface area contributed by atoms with E-state index in [2.05, 4.69) is 5.32 Å². The summed E-state index contributed by atoms with van der Waals surface area (Å²) in [5, 5.41) is 2.41. The second-order valence-corrected chi connectivity index (χ2v) is 7.02. The number of nitrogens with one attached hydrogen (secondary N) is 1. The summed E-state index contributed by atoms with van der Waals surface area (Å²) in [5.41, 5.74) is -0.204. The fourth-order valence-corrected chi connectivity index (χ4v) is 3.81. The third-order valence-electron chi connectivity index (χ3n) is 5.15. The summed E-state index contributed by atoms with van der Waals surface area (Å²) in [6.07, 6.45) is 2.10. The van der Waals surface area contributed by atoms with Crippen LogP contribution in [0, 0.1) is 11.6 Å². The van der Waals surface area contributed by atoms with Crippen LogP contribution in [-0.2, 0) is 14.3 Å².